The summed E-state index contributed by atoms with van der Waals surface area (Å²) in [6.07, 6.45) is 1.13. The van der Waals surface area contributed by atoms with E-state index in [1.54, 1.807) is 0 Å². The minimum absolute atomic E-state index is 0.282. The number of carbonyl (C=O) groups is 2. The molecule has 2 fully saturated rings. The van der Waals surface area contributed by atoms with Gasteiger partial charge >= 0.3 is 6.03 Å². The van der Waals surface area contributed by atoms with Gasteiger partial charge in [0.25, 0.3) is 0 Å². The number of hydrogen-bond donors (Lipinski definition) is 2. The van der Waals surface area contributed by atoms with Crippen LogP contribution in [0.2, 0.25) is 0 Å². The van der Waals surface area contributed by atoms with Crippen molar-refractivity contribution in [1.82, 2.24) is 15.1 Å². The molecule has 3 N–H and O–H groups in total. The molecule has 0 spiro atoms. The molecule has 6 heteroatoms. The molecule has 130 valence electrons. The number of imide groups is 1. The predicted molar refractivity (Wildman–Crippen MR) is 92.1 cm³/mol. The second kappa shape index (κ2) is 7.77. The quantitative estimate of drug-likeness (QED) is 0.816. The van der Waals surface area contributed by atoms with E-state index in [2.05, 4.69) is 45.4 Å². The van der Waals surface area contributed by atoms with Crippen molar-refractivity contribution in [3.63, 3.8) is 0 Å². The Morgan fingerprint density at radius 3 is 2.29 bits per heavy atom. The van der Waals surface area contributed by atoms with Crippen molar-refractivity contribution < 1.29 is 9.59 Å². The van der Waals surface area contributed by atoms with E-state index in [1.807, 2.05) is 0 Å². The molecule has 6 nitrogen and oxygen atoms in total. The molecule has 3 rings (SSSR count). The van der Waals surface area contributed by atoms with E-state index >= 15 is 0 Å². The molecule has 0 unspecified atom stereocenters. The normalized spacial score (nSPS) is 24.0. The molecule has 2 aliphatic rings. The van der Waals surface area contributed by atoms with E-state index in [-0.39, 0.29) is 5.91 Å². The van der Waals surface area contributed by atoms with Crippen molar-refractivity contribution in [2.45, 2.75) is 19.4 Å². The first-order valence-electron chi connectivity index (χ1n) is 8.68. The fourth-order valence-electron chi connectivity index (χ4n) is 4.00. The number of benzene rings is 1. The van der Waals surface area contributed by atoms with Crippen LogP contribution in [0.15, 0.2) is 30.3 Å². The molecule has 2 aliphatic heterocycles. The largest absolute Gasteiger partial charge is 0.351 e. The number of nitrogens with one attached hydrogen (secondary N) is 1. The number of fused-ring (bicyclic) bond motifs is 1. The van der Waals surface area contributed by atoms with Crippen LogP contribution in [-0.4, -0.2) is 54.5 Å². The van der Waals surface area contributed by atoms with Gasteiger partial charge in [0.2, 0.25) is 5.91 Å². The van der Waals surface area contributed by atoms with E-state index in [9.17, 15) is 9.59 Å². The summed E-state index contributed by atoms with van der Waals surface area (Å²) < 4.78 is 0. The highest BCUT2D eigenvalue weighted by Crippen LogP contribution is 2.31. The lowest BCUT2D eigenvalue weighted by Crippen LogP contribution is -2.35. The van der Waals surface area contributed by atoms with Crippen molar-refractivity contribution in [2.24, 2.45) is 17.6 Å². The van der Waals surface area contributed by atoms with Crippen LogP contribution in [0.4, 0.5) is 4.79 Å². The van der Waals surface area contributed by atoms with Gasteiger partial charge in [-0.3, -0.25) is 15.0 Å². The van der Waals surface area contributed by atoms with Crippen LogP contribution in [-0.2, 0) is 11.3 Å². The highest BCUT2D eigenvalue weighted by molar-refractivity contribution is 5.93. The Balaban J connectivity index is 1.36. The van der Waals surface area contributed by atoms with Gasteiger partial charge in [-0.2, -0.15) is 0 Å². The van der Waals surface area contributed by atoms with Gasteiger partial charge in [0.15, 0.2) is 0 Å². The van der Waals surface area contributed by atoms with Crippen molar-refractivity contribution in [3.8, 4) is 0 Å². The standard InChI is InChI=1S/C18H26N4O2/c19-18(24)20-17(23)7-4-8-21-10-15-12-22(13-16(15)11-21)9-14-5-2-1-3-6-14/h1-3,5-6,15-16H,4,7-13H2,(H3,19,20,23,24)/t15-,16+. The fourth-order valence-corrected chi connectivity index (χ4v) is 4.00. The number of hydrogen-bond acceptors (Lipinski definition) is 4. The summed E-state index contributed by atoms with van der Waals surface area (Å²) in [6.45, 7) is 6.52. The second-order valence-electron chi connectivity index (χ2n) is 6.98. The van der Waals surface area contributed by atoms with E-state index in [4.69, 9.17) is 5.73 Å². The Morgan fingerprint density at radius 1 is 1.04 bits per heavy atom. The molecule has 0 aromatic heterocycles. The van der Waals surface area contributed by atoms with Gasteiger partial charge in [-0.05, 0) is 30.4 Å². The van der Waals surface area contributed by atoms with Crippen molar-refractivity contribution >= 4 is 11.9 Å². The first kappa shape index (κ1) is 16.9. The van der Waals surface area contributed by atoms with Gasteiger partial charge in [0.1, 0.15) is 0 Å². The summed E-state index contributed by atoms with van der Waals surface area (Å²) in [7, 11) is 0. The summed E-state index contributed by atoms with van der Waals surface area (Å²) in [5.74, 6) is 1.21. The molecule has 24 heavy (non-hydrogen) atoms. The zero-order chi connectivity index (χ0) is 16.9. The summed E-state index contributed by atoms with van der Waals surface area (Å²) >= 11 is 0. The lowest BCUT2D eigenvalue weighted by atomic mass is 10.0. The van der Waals surface area contributed by atoms with Gasteiger partial charge in [0.05, 0.1) is 0 Å². The van der Waals surface area contributed by atoms with Crippen LogP contribution in [0.5, 0.6) is 0 Å². The zero-order valence-corrected chi connectivity index (χ0v) is 14.0. The minimum atomic E-state index is -0.769. The van der Waals surface area contributed by atoms with Crippen molar-refractivity contribution in [1.29, 1.82) is 0 Å². The molecule has 2 heterocycles. The van der Waals surface area contributed by atoms with Gasteiger partial charge in [-0.1, -0.05) is 30.3 Å². The van der Waals surface area contributed by atoms with Gasteiger partial charge in [0, 0.05) is 39.1 Å². The van der Waals surface area contributed by atoms with Crippen LogP contribution < -0.4 is 11.1 Å². The average Bonchev–Trinajstić information content (AvgIpc) is 3.05. The topological polar surface area (TPSA) is 78.7 Å². The molecule has 0 aliphatic carbocycles. The number of nitrogens with zero attached hydrogens (tertiary/aromatic N) is 2. The maximum absolute atomic E-state index is 11.4. The Hall–Kier alpha value is -1.92. The third-order valence-electron chi connectivity index (χ3n) is 5.03. The Morgan fingerprint density at radius 2 is 1.67 bits per heavy atom. The van der Waals surface area contributed by atoms with E-state index in [0.29, 0.717) is 6.42 Å². The third-order valence-corrected chi connectivity index (χ3v) is 5.03. The molecule has 0 saturated carbocycles. The number of primary amides is 1. The lowest BCUT2D eigenvalue weighted by molar-refractivity contribution is -0.120. The molecule has 0 bridgehead atoms. The summed E-state index contributed by atoms with van der Waals surface area (Å²) in [5, 5.41) is 2.11. The highest BCUT2D eigenvalue weighted by Gasteiger charge is 2.39. The van der Waals surface area contributed by atoms with Crippen molar-refractivity contribution in [2.75, 3.05) is 32.7 Å². The summed E-state index contributed by atoms with van der Waals surface area (Å²) in [6, 6.07) is 9.87. The number of urea groups is 1. The molecule has 0 radical (unpaired) electrons. The maximum Gasteiger partial charge on any atom is 0.318 e. The molecular weight excluding hydrogens is 304 g/mol. The molecule has 2 saturated heterocycles. The average molecular weight is 330 g/mol. The van der Waals surface area contributed by atoms with E-state index < -0.39 is 6.03 Å². The Labute approximate surface area is 143 Å². The summed E-state index contributed by atoms with van der Waals surface area (Å²) in [4.78, 5) is 27.0. The monoisotopic (exact) mass is 330 g/mol. The summed E-state index contributed by atoms with van der Waals surface area (Å²) in [5.41, 5.74) is 6.32. The lowest BCUT2D eigenvalue weighted by Gasteiger charge is -2.21. The fraction of sp³-hybridized carbons (Fsp3) is 0.556. The van der Waals surface area contributed by atoms with E-state index in [0.717, 1.165) is 57.5 Å². The number of likely N-dealkylation sites (tertiary alicyclic amines) is 2. The van der Waals surface area contributed by atoms with Gasteiger partial charge < -0.3 is 10.6 Å². The SMILES string of the molecule is NC(=O)NC(=O)CCCN1C[C@@H]2CN(Cc3ccccc3)C[C@@H]2C1. The molecule has 1 aromatic rings. The van der Waals surface area contributed by atoms with Crippen LogP contribution in [0.1, 0.15) is 18.4 Å². The zero-order valence-electron chi connectivity index (χ0n) is 14.0. The first-order chi connectivity index (χ1) is 11.6. The van der Waals surface area contributed by atoms with Gasteiger partial charge in [-0.15, -0.1) is 0 Å². The minimum Gasteiger partial charge on any atom is -0.351 e. The van der Waals surface area contributed by atoms with Crippen LogP contribution in [0, 0.1) is 11.8 Å². The smallest absolute Gasteiger partial charge is 0.318 e. The van der Waals surface area contributed by atoms with Crippen LogP contribution >= 0.6 is 0 Å². The molecule has 3 amide bonds. The third kappa shape index (κ3) is 4.55. The highest BCUT2D eigenvalue weighted by atomic mass is 16.2. The Kier molecular flexibility index (Phi) is 5.48. The Bertz CT molecular complexity index is 564. The number of carbonyl (C=O) groups excluding carboxylic acids is 2. The van der Waals surface area contributed by atoms with E-state index in [1.165, 1.54) is 5.56 Å². The van der Waals surface area contributed by atoms with Gasteiger partial charge in [-0.25, -0.2) is 4.79 Å². The second-order valence-corrected chi connectivity index (χ2v) is 6.98. The molecular formula is C18H26N4O2. The van der Waals surface area contributed by atoms with Crippen LogP contribution in [0.3, 0.4) is 0 Å². The first-order valence-corrected chi connectivity index (χ1v) is 8.68. The molecule has 1 aromatic carbocycles. The maximum atomic E-state index is 11.4. The van der Waals surface area contributed by atoms with Crippen molar-refractivity contribution in [3.05, 3.63) is 35.9 Å². The predicted octanol–water partition coefficient (Wildman–Crippen LogP) is 1.03. The number of rotatable bonds is 6. The number of nitrogens with two attached hydrogens (primary N) is 1. The van der Waals surface area contributed by atoms with Crippen LogP contribution in [0.25, 0.3) is 0 Å². The number of amides is 3. The molecule has 2 atom stereocenters.